The van der Waals surface area contributed by atoms with Crippen LogP contribution < -0.4 is 5.73 Å². The smallest absolute Gasteiger partial charge is 0.254 e. The largest absolute Gasteiger partial charge is 0.394 e. The van der Waals surface area contributed by atoms with E-state index in [1.165, 1.54) is 0 Å². The summed E-state index contributed by atoms with van der Waals surface area (Å²) < 4.78 is 26.8. The summed E-state index contributed by atoms with van der Waals surface area (Å²) in [6.45, 7) is 4.61. The predicted molar refractivity (Wildman–Crippen MR) is 69.7 cm³/mol. The maximum atomic E-state index is 13.4. The molecule has 0 radical (unpaired) electrons. The van der Waals surface area contributed by atoms with Crippen molar-refractivity contribution in [3.63, 3.8) is 0 Å². The average Bonchev–Trinajstić information content (AvgIpc) is 3.15. The number of anilines is 1. The third-order valence-corrected chi connectivity index (χ3v) is 3.14. The molecule has 2 rings (SSSR count). The fraction of sp³-hybridized carbons (Fsp3) is 0.500. The Labute approximate surface area is 111 Å². The average molecular weight is 268 g/mol. The van der Waals surface area contributed by atoms with E-state index in [0.717, 1.165) is 25.0 Å². The summed E-state index contributed by atoms with van der Waals surface area (Å²) in [6.07, 6.45) is 1.91. The normalized spacial score (nSPS) is 14.8. The van der Waals surface area contributed by atoms with Crippen LogP contribution in [-0.4, -0.2) is 23.4 Å². The zero-order valence-electron chi connectivity index (χ0n) is 11.1. The van der Waals surface area contributed by atoms with Crippen molar-refractivity contribution < 1.29 is 13.6 Å². The van der Waals surface area contributed by atoms with Gasteiger partial charge >= 0.3 is 0 Å². The first kappa shape index (κ1) is 13.8. The number of nitrogens with zero attached hydrogens (tertiary/aromatic N) is 1. The van der Waals surface area contributed by atoms with Crippen molar-refractivity contribution in [1.29, 1.82) is 0 Å². The van der Waals surface area contributed by atoms with Crippen LogP contribution in [0.25, 0.3) is 0 Å². The van der Waals surface area contributed by atoms with Crippen LogP contribution >= 0.6 is 0 Å². The zero-order chi connectivity index (χ0) is 14.2. The summed E-state index contributed by atoms with van der Waals surface area (Å²) in [7, 11) is 0. The Hall–Kier alpha value is -1.65. The number of carbonyl (C=O) groups excluding carboxylic acids is 1. The summed E-state index contributed by atoms with van der Waals surface area (Å²) in [5.74, 6) is -1.78. The lowest BCUT2D eigenvalue weighted by Crippen LogP contribution is -2.36. The van der Waals surface area contributed by atoms with Gasteiger partial charge in [-0.1, -0.05) is 13.8 Å². The molecule has 1 aromatic carbocycles. The Morgan fingerprint density at radius 2 is 1.89 bits per heavy atom. The van der Waals surface area contributed by atoms with Gasteiger partial charge in [-0.3, -0.25) is 4.79 Å². The molecule has 19 heavy (non-hydrogen) atoms. The molecule has 1 aromatic rings. The lowest BCUT2D eigenvalue weighted by molar-refractivity contribution is 0.0721. The zero-order valence-corrected chi connectivity index (χ0v) is 11.1. The number of nitrogen functional groups attached to an aromatic ring is 1. The maximum absolute atomic E-state index is 13.4. The Kier molecular flexibility index (Phi) is 3.73. The van der Waals surface area contributed by atoms with Crippen LogP contribution in [0.1, 0.15) is 37.0 Å². The molecule has 1 fully saturated rings. The molecule has 1 aliphatic carbocycles. The van der Waals surface area contributed by atoms with Gasteiger partial charge < -0.3 is 10.6 Å². The molecule has 0 saturated heterocycles. The number of hydrogen-bond donors (Lipinski definition) is 1. The highest BCUT2D eigenvalue weighted by Gasteiger charge is 2.33. The molecule has 0 unspecified atom stereocenters. The molecule has 3 nitrogen and oxygen atoms in total. The van der Waals surface area contributed by atoms with Gasteiger partial charge in [0.15, 0.2) is 0 Å². The van der Waals surface area contributed by atoms with Crippen molar-refractivity contribution in [1.82, 2.24) is 4.90 Å². The number of halogens is 2. The molecule has 0 aromatic heterocycles. The van der Waals surface area contributed by atoms with E-state index in [0.29, 0.717) is 12.5 Å². The molecule has 1 aliphatic rings. The minimum Gasteiger partial charge on any atom is -0.394 e. The van der Waals surface area contributed by atoms with Crippen LogP contribution in [0.5, 0.6) is 0 Å². The fourth-order valence-electron chi connectivity index (χ4n) is 2.05. The van der Waals surface area contributed by atoms with Crippen molar-refractivity contribution in [3.05, 3.63) is 29.3 Å². The third-order valence-electron chi connectivity index (χ3n) is 3.14. The quantitative estimate of drug-likeness (QED) is 0.853. The van der Waals surface area contributed by atoms with E-state index >= 15 is 0 Å². The summed E-state index contributed by atoms with van der Waals surface area (Å²) in [4.78, 5) is 14.0. The highest BCUT2D eigenvalue weighted by molar-refractivity contribution is 5.95. The third kappa shape index (κ3) is 3.03. The van der Waals surface area contributed by atoms with E-state index < -0.39 is 17.3 Å². The van der Waals surface area contributed by atoms with Crippen LogP contribution in [0.15, 0.2) is 12.1 Å². The molecule has 0 bridgehead atoms. The Bertz CT molecular complexity index is 475. The van der Waals surface area contributed by atoms with E-state index in [1.54, 1.807) is 4.90 Å². The Morgan fingerprint density at radius 1 is 1.37 bits per heavy atom. The van der Waals surface area contributed by atoms with Crippen molar-refractivity contribution >= 4 is 11.6 Å². The predicted octanol–water partition coefficient (Wildman–Crippen LogP) is 2.81. The molecule has 104 valence electrons. The minimum absolute atomic E-state index is 0.0248. The Balaban J connectivity index is 2.26. The van der Waals surface area contributed by atoms with Gasteiger partial charge in [0.05, 0.1) is 0 Å². The minimum atomic E-state index is -0.886. The van der Waals surface area contributed by atoms with Gasteiger partial charge in [-0.25, -0.2) is 8.78 Å². The fourth-order valence-corrected chi connectivity index (χ4v) is 2.05. The molecule has 0 atom stereocenters. The molecule has 1 amide bonds. The Morgan fingerprint density at radius 3 is 2.32 bits per heavy atom. The molecule has 1 saturated carbocycles. The molecule has 2 N–H and O–H groups in total. The molecule has 5 heteroatoms. The van der Waals surface area contributed by atoms with Crippen molar-refractivity contribution in [3.8, 4) is 0 Å². The van der Waals surface area contributed by atoms with Gasteiger partial charge in [0.25, 0.3) is 5.91 Å². The first-order valence-electron chi connectivity index (χ1n) is 6.45. The van der Waals surface area contributed by atoms with Crippen molar-refractivity contribution in [2.75, 3.05) is 12.3 Å². The van der Waals surface area contributed by atoms with Crippen LogP contribution in [0.3, 0.4) is 0 Å². The topological polar surface area (TPSA) is 46.3 Å². The van der Waals surface area contributed by atoms with Crippen LogP contribution in [0, 0.1) is 17.6 Å². The number of carbonyl (C=O) groups is 1. The maximum Gasteiger partial charge on any atom is 0.254 e. The van der Waals surface area contributed by atoms with E-state index in [9.17, 15) is 13.6 Å². The standard InChI is InChI=1S/C14H18F2N2O/c1-8(2)7-18(10-3-4-10)14(19)9-5-11(15)13(17)12(16)6-9/h5-6,8,10H,3-4,7,17H2,1-2H3. The second kappa shape index (κ2) is 5.15. The summed E-state index contributed by atoms with van der Waals surface area (Å²) >= 11 is 0. The van der Waals surface area contributed by atoms with Gasteiger partial charge in [-0.2, -0.15) is 0 Å². The molecule has 0 spiro atoms. The number of amides is 1. The molecular formula is C14H18F2N2O. The lowest BCUT2D eigenvalue weighted by Gasteiger charge is -2.24. The number of hydrogen-bond acceptors (Lipinski definition) is 2. The molecule has 0 aliphatic heterocycles. The van der Waals surface area contributed by atoms with E-state index in [-0.39, 0.29) is 17.5 Å². The monoisotopic (exact) mass is 268 g/mol. The van der Waals surface area contributed by atoms with E-state index in [1.807, 2.05) is 13.8 Å². The van der Waals surface area contributed by atoms with Gasteiger partial charge in [0, 0.05) is 18.2 Å². The van der Waals surface area contributed by atoms with E-state index in [2.05, 4.69) is 0 Å². The van der Waals surface area contributed by atoms with E-state index in [4.69, 9.17) is 5.73 Å². The highest BCUT2D eigenvalue weighted by Crippen LogP contribution is 2.29. The van der Waals surface area contributed by atoms with Crippen molar-refractivity contribution in [2.24, 2.45) is 5.92 Å². The molecular weight excluding hydrogens is 250 g/mol. The first-order valence-corrected chi connectivity index (χ1v) is 6.45. The van der Waals surface area contributed by atoms with Crippen LogP contribution in [-0.2, 0) is 0 Å². The van der Waals surface area contributed by atoms with Gasteiger partial charge in [0.2, 0.25) is 0 Å². The SMILES string of the molecule is CC(C)CN(C(=O)c1cc(F)c(N)c(F)c1)C1CC1. The summed E-state index contributed by atoms with van der Waals surface area (Å²) in [5.41, 5.74) is 4.69. The second-order valence-electron chi connectivity index (χ2n) is 5.44. The summed E-state index contributed by atoms with van der Waals surface area (Å²) in [5, 5.41) is 0. The highest BCUT2D eigenvalue weighted by atomic mass is 19.1. The summed E-state index contributed by atoms with van der Waals surface area (Å²) in [6, 6.07) is 2.23. The van der Waals surface area contributed by atoms with Crippen LogP contribution in [0.2, 0.25) is 0 Å². The second-order valence-corrected chi connectivity index (χ2v) is 5.44. The van der Waals surface area contributed by atoms with Crippen molar-refractivity contribution in [2.45, 2.75) is 32.7 Å². The lowest BCUT2D eigenvalue weighted by atomic mass is 10.1. The van der Waals surface area contributed by atoms with Crippen LogP contribution in [0.4, 0.5) is 14.5 Å². The first-order chi connectivity index (χ1) is 8.90. The van der Waals surface area contributed by atoms with Gasteiger partial charge in [-0.05, 0) is 30.9 Å². The number of benzene rings is 1. The number of rotatable bonds is 4. The van der Waals surface area contributed by atoms with Gasteiger partial charge in [0.1, 0.15) is 17.3 Å². The van der Waals surface area contributed by atoms with Gasteiger partial charge in [-0.15, -0.1) is 0 Å². The molecule has 0 heterocycles. The number of nitrogens with two attached hydrogens (primary N) is 1.